The monoisotopic (exact) mass is 263 g/mol. The molecule has 0 radical (unpaired) electrons. The topological polar surface area (TPSA) is 37.4 Å². The minimum absolute atomic E-state index is 0.673. The lowest BCUT2D eigenvalue weighted by molar-refractivity contribution is 0.204. The molecule has 19 heavy (non-hydrogen) atoms. The van der Waals surface area contributed by atoms with E-state index >= 15 is 0 Å². The van der Waals surface area contributed by atoms with Crippen molar-refractivity contribution in [2.24, 2.45) is 0 Å². The number of hydrogen-bond donors (Lipinski definition) is 1. The molecular formula is C15H25N3O. The van der Waals surface area contributed by atoms with Crippen LogP contribution in [0.5, 0.6) is 0 Å². The molecule has 4 nitrogen and oxygen atoms in total. The van der Waals surface area contributed by atoms with Gasteiger partial charge in [0.05, 0.1) is 6.61 Å². The average Bonchev–Trinajstić information content (AvgIpc) is 3.26. The van der Waals surface area contributed by atoms with E-state index in [0.29, 0.717) is 6.04 Å². The summed E-state index contributed by atoms with van der Waals surface area (Å²) in [5.74, 6) is 1.08. The quantitative estimate of drug-likeness (QED) is 0.693. The smallest absolute Gasteiger partial charge is 0.128 e. The van der Waals surface area contributed by atoms with Gasteiger partial charge >= 0.3 is 0 Å². The van der Waals surface area contributed by atoms with E-state index in [-0.39, 0.29) is 0 Å². The summed E-state index contributed by atoms with van der Waals surface area (Å²) < 4.78 is 5.18. The van der Waals surface area contributed by atoms with Gasteiger partial charge in [0.15, 0.2) is 0 Å². The number of ether oxygens (including phenoxy) is 1. The Bertz CT molecular complexity index is 362. The lowest BCUT2D eigenvalue weighted by atomic mass is 10.2. The third-order valence-electron chi connectivity index (χ3n) is 3.38. The van der Waals surface area contributed by atoms with Crippen LogP contribution < -0.4 is 10.2 Å². The van der Waals surface area contributed by atoms with Crippen LogP contribution in [0, 0.1) is 0 Å². The first-order chi connectivity index (χ1) is 9.35. The third kappa shape index (κ3) is 4.48. The van der Waals surface area contributed by atoms with E-state index in [0.717, 1.165) is 38.5 Å². The van der Waals surface area contributed by atoms with Gasteiger partial charge in [0.2, 0.25) is 0 Å². The maximum Gasteiger partial charge on any atom is 0.128 e. The lowest BCUT2D eigenvalue weighted by Crippen LogP contribution is -2.30. The van der Waals surface area contributed by atoms with Gasteiger partial charge in [-0.25, -0.2) is 4.98 Å². The molecule has 0 aromatic carbocycles. The van der Waals surface area contributed by atoms with Gasteiger partial charge in [-0.1, -0.05) is 13.0 Å². The van der Waals surface area contributed by atoms with Crippen molar-refractivity contribution >= 4 is 5.82 Å². The van der Waals surface area contributed by atoms with Gasteiger partial charge in [-0.3, -0.25) is 0 Å². The molecular weight excluding hydrogens is 238 g/mol. The van der Waals surface area contributed by atoms with Crippen LogP contribution in [-0.4, -0.2) is 37.8 Å². The Kier molecular flexibility index (Phi) is 5.61. The highest BCUT2D eigenvalue weighted by molar-refractivity contribution is 5.42. The zero-order valence-electron chi connectivity index (χ0n) is 12.1. The van der Waals surface area contributed by atoms with Gasteiger partial charge in [-0.2, -0.15) is 0 Å². The Balaban J connectivity index is 1.91. The van der Waals surface area contributed by atoms with Crippen LogP contribution in [0.15, 0.2) is 18.3 Å². The van der Waals surface area contributed by atoms with Crippen molar-refractivity contribution in [1.29, 1.82) is 0 Å². The summed E-state index contributed by atoms with van der Waals surface area (Å²) in [6, 6.07) is 4.98. The van der Waals surface area contributed by atoms with E-state index in [1.807, 2.05) is 6.20 Å². The van der Waals surface area contributed by atoms with Gasteiger partial charge in [0.1, 0.15) is 5.82 Å². The van der Waals surface area contributed by atoms with E-state index in [2.05, 4.69) is 34.3 Å². The van der Waals surface area contributed by atoms with Crippen LogP contribution in [0.4, 0.5) is 5.82 Å². The Hall–Kier alpha value is -1.13. The Morgan fingerprint density at radius 2 is 2.26 bits per heavy atom. The standard InChI is InChI=1S/C15H25N3O/c1-3-8-16-11-13-4-7-15(17-12-13)18(9-10-19-2)14-5-6-14/h4,7,12,14,16H,3,5-6,8-11H2,1-2H3. The highest BCUT2D eigenvalue weighted by Crippen LogP contribution is 2.30. The van der Waals surface area contributed by atoms with E-state index in [1.165, 1.54) is 18.4 Å². The molecule has 0 spiro atoms. The zero-order valence-corrected chi connectivity index (χ0v) is 12.1. The van der Waals surface area contributed by atoms with E-state index < -0.39 is 0 Å². The summed E-state index contributed by atoms with van der Waals surface area (Å²) in [4.78, 5) is 6.97. The predicted molar refractivity (Wildman–Crippen MR) is 78.5 cm³/mol. The first kappa shape index (κ1) is 14.3. The number of rotatable bonds is 9. The maximum atomic E-state index is 5.18. The number of methoxy groups -OCH3 is 1. The molecule has 1 heterocycles. The van der Waals surface area contributed by atoms with Crippen LogP contribution in [0.25, 0.3) is 0 Å². The van der Waals surface area contributed by atoms with Crippen molar-refractivity contribution < 1.29 is 4.74 Å². The highest BCUT2D eigenvalue weighted by Gasteiger charge is 2.29. The van der Waals surface area contributed by atoms with E-state index in [4.69, 9.17) is 4.74 Å². The summed E-state index contributed by atoms with van der Waals surface area (Å²) in [7, 11) is 1.75. The number of hydrogen-bond acceptors (Lipinski definition) is 4. The average molecular weight is 263 g/mol. The van der Waals surface area contributed by atoms with Crippen molar-refractivity contribution in [2.75, 3.05) is 31.7 Å². The van der Waals surface area contributed by atoms with Crippen molar-refractivity contribution in [1.82, 2.24) is 10.3 Å². The summed E-state index contributed by atoms with van der Waals surface area (Å²) in [6.45, 7) is 5.84. The van der Waals surface area contributed by atoms with Gasteiger partial charge in [-0.05, 0) is 37.4 Å². The second-order valence-corrected chi connectivity index (χ2v) is 5.12. The zero-order chi connectivity index (χ0) is 13.5. The Labute approximate surface area is 116 Å². The minimum atomic E-state index is 0.673. The molecule has 0 amide bonds. The van der Waals surface area contributed by atoms with Gasteiger partial charge in [0.25, 0.3) is 0 Å². The van der Waals surface area contributed by atoms with Gasteiger partial charge < -0.3 is 15.0 Å². The molecule has 0 atom stereocenters. The molecule has 1 fully saturated rings. The van der Waals surface area contributed by atoms with E-state index in [1.54, 1.807) is 7.11 Å². The molecule has 4 heteroatoms. The molecule has 1 aromatic heterocycles. The summed E-state index contributed by atoms with van der Waals surface area (Å²) in [5, 5.41) is 3.40. The molecule has 1 aliphatic carbocycles. The number of aromatic nitrogens is 1. The number of nitrogens with zero attached hydrogens (tertiary/aromatic N) is 2. The Morgan fingerprint density at radius 1 is 1.42 bits per heavy atom. The van der Waals surface area contributed by atoms with Crippen molar-refractivity contribution in [3.63, 3.8) is 0 Å². The van der Waals surface area contributed by atoms with Crippen LogP contribution in [-0.2, 0) is 11.3 Å². The van der Waals surface area contributed by atoms with E-state index in [9.17, 15) is 0 Å². The van der Waals surface area contributed by atoms with Gasteiger partial charge in [-0.15, -0.1) is 0 Å². The van der Waals surface area contributed by atoms with Crippen molar-refractivity contribution in [3.05, 3.63) is 23.9 Å². The second-order valence-electron chi connectivity index (χ2n) is 5.12. The first-order valence-corrected chi connectivity index (χ1v) is 7.26. The lowest BCUT2D eigenvalue weighted by Gasteiger charge is -2.23. The molecule has 0 bridgehead atoms. The number of nitrogens with one attached hydrogen (secondary N) is 1. The molecule has 1 aliphatic rings. The predicted octanol–water partition coefficient (Wildman–Crippen LogP) is 2.20. The molecule has 0 aliphatic heterocycles. The molecule has 1 saturated carbocycles. The number of anilines is 1. The number of pyridine rings is 1. The molecule has 1 aromatic rings. The Morgan fingerprint density at radius 3 is 2.84 bits per heavy atom. The first-order valence-electron chi connectivity index (χ1n) is 7.26. The minimum Gasteiger partial charge on any atom is -0.383 e. The highest BCUT2D eigenvalue weighted by atomic mass is 16.5. The molecule has 1 N–H and O–H groups in total. The molecule has 0 saturated heterocycles. The van der Waals surface area contributed by atoms with Gasteiger partial charge in [0, 0.05) is 32.4 Å². The third-order valence-corrected chi connectivity index (χ3v) is 3.38. The van der Waals surface area contributed by atoms with Crippen molar-refractivity contribution in [2.45, 2.75) is 38.8 Å². The summed E-state index contributed by atoms with van der Waals surface area (Å²) in [6.07, 6.45) is 5.72. The molecule has 0 unspecified atom stereocenters. The maximum absolute atomic E-state index is 5.18. The molecule has 106 valence electrons. The summed E-state index contributed by atoms with van der Waals surface area (Å²) in [5.41, 5.74) is 1.25. The fraction of sp³-hybridized carbons (Fsp3) is 0.667. The SMILES string of the molecule is CCCNCc1ccc(N(CCOC)C2CC2)nc1. The normalized spacial score (nSPS) is 14.6. The molecule has 2 rings (SSSR count). The van der Waals surface area contributed by atoms with Crippen LogP contribution in [0.2, 0.25) is 0 Å². The summed E-state index contributed by atoms with van der Waals surface area (Å²) >= 11 is 0. The fourth-order valence-electron chi connectivity index (χ4n) is 2.16. The second kappa shape index (κ2) is 7.46. The fourth-order valence-corrected chi connectivity index (χ4v) is 2.16. The largest absolute Gasteiger partial charge is 0.383 e. The van der Waals surface area contributed by atoms with Crippen LogP contribution in [0.1, 0.15) is 31.7 Å². The van der Waals surface area contributed by atoms with Crippen molar-refractivity contribution in [3.8, 4) is 0 Å². The van der Waals surface area contributed by atoms with Crippen LogP contribution >= 0.6 is 0 Å². The van der Waals surface area contributed by atoms with Crippen LogP contribution in [0.3, 0.4) is 0 Å².